The van der Waals surface area contributed by atoms with E-state index in [1.54, 1.807) is 6.08 Å². The number of carbonyl (C=O) groups excluding carboxylic acids is 2. The van der Waals surface area contributed by atoms with E-state index in [0.717, 1.165) is 46.5 Å². The van der Waals surface area contributed by atoms with Crippen LogP contribution in [-0.4, -0.2) is 46.1 Å². The van der Waals surface area contributed by atoms with E-state index in [-0.39, 0.29) is 11.8 Å². The highest BCUT2D eigenvalue weighted by atomic mass is 32.1. The second-order valence-electron chi connectivity index (χ2n) is 9.33. The fraction of sp³-hybridized carbons (Fsp3) is 0.222. The van der Waals surface area contributed by atoms with Crippen LogP contribution in [0.5, 0.6) is 0 Å². The summed E-state index contributed by atoms with van der Waals surface area (Å²) in [5, 5.41) is 19.9. The predicted molar refractivity (Wildman–Crippen MR) is 145 cm³/mol. The molecule has 1 unspecified atom stereocenters. The number of fused-ring (bicyclic) bond motifs is 2. The number of rotatable bonds is 5. The first-order valence-corrected chi connectivity index (χ1v) is 12.8. The van der Waals surface area contributed by atoms with Gasteiger partial charge >= 0.3 is 0 Å². The van der Waals surface area contributed by atoms with Crippen LogP contribution in [0.25, 0.3) is 15.8 Å². The Balaban J connectivity index is 1.22. The lowest BCUT2D eigenvalue weighted by Crippen LogP contribution is -2.30. The van der Waals surface area contributed by atoms with Gasteiger partial charge in [-0.05, 0) is 49.2 Å². The summed E-state index contributed by atoms with van der Waals surface area (Å²) in [6.07, 6.45) is 1.75. The fourth-order valence-corrected chi connectivity index (χ4v) is 5.46. The number of amides is 2. The molecule has 186 valence electrons. The number of likely N-dealkylation sites (N-methyl/N-ethyl adjacent to an activating group) is 1. The minimum Gasteiger partial charge on any atom is -0.354 e. The third-order valence-corrected chi connectivity index (χ3v) is 7.68. The maximum Gasteiger partial charge on any atom is 0.290 e. The number of benzene rings is 2. The van der Waals surface area contributed by atoms with E-state index in [1.165, 1.54) is 11.3 Å². The lowest BCUT2D eigenvalue weighted by atomic mass is 10.0. The molecular formula is C27H25N7O2S. The maximum absolute atomic E-state index is 13.0. The first-order chi connectivity index (χ1) is 17.9. The van der Waals surface area contributed by atoms with Crippen molar-refractivity contribution in [3.63, 3.8) is 0 Å². The SMILES string of the molecule is Cc1ccc(C2=CC(Nc3cc4n(n3)CCN(C)C4)C(=O)N=N2)cc1NC(=O)c1cc2ccccc2s1. The molecule has 10 heteroatoms. The molecule has 0 radical (unpaired) electrons. The molecule has 37 heavy (non-hydrogen) atoms. The maximum atomic E-state index is 13.0. The first-order valence-electron chi connectivity index (χ1n) is 12.0. The van der Waals surface area contributed by atoms with Crippen LogP contribution in [0.1, 0.15) is 26.5 Å². The molecule has 0 spiro atoms. The van der Waals surface area contributed by atoms with Gasteiger partial charge in [-0.15, -0.1) is 21.6 Å². The zero-order valence-corrected chi connectivity index (χ0v) is 21.2. The lowest BCUT2D eigenvalue weighted by Gasteiger charge is -2.22. The molecule has 2 amide bonds. The van der Waals surface area contributed by atoms with Crippen molar-refractivity contribution in [2.75, 3.05) is 24.2 Å². The van der Waals surface area contributed by atoms with Crippen molar-refractivity contribution >= 4 is 50.4 Å². The van der Waals surface area contributed by atoms with Gasteiger partial charge < -0.3 is 10.6 Å². The van der Waals surface area contributed by atoms with E-state index >= 15 is 0 Å². The van der Waals surface area contributed by atoms with Gasteiger partial charge in [0, 0.05) is 35.1 Å². The Hall–Kier alpha value is -4.15. The standard InChI is InChI=1S/C27H25N7O2S/c1-16-7-8-17(11-20(16)29-27(36)24-12-18-5-3-4-6-23(18)37-24)21-14-22(26(35)31-30-21)28-25-13-19-15-33(2)9-10-34(19)32-25/h3-8,11-14,22H,9-10,15H2,1-2H3,(H,28,32)(H,29,36). The molecule has 0 fully saturated rings. The summed E-state index contributed by atoms with van der Waals surface area (Å²) in [5.41, 5.74) is 4.02. The molecular weight excluding hydrogens is 486 g/mol. The van der Waals surface area contributed by atoms with Gasteiger partial charge in [0.2, 0.25) is 0 Å². The van der Waals surface area contributed by atoms with Gasteiger partial charge in [0.05, 0.1) is 22.8 Å². The van der Waals surface area contributed by atoms with Crippen molar-refractivity contribution in [3.8, 4) is 0 Å². The van der Waals surface area contributed by atoms with Crippen LogP contribution in [0.2, 0.25) is 0 Å². The highest BCUT2D eigenvalue weighted by Gasteiger charge is 2.24. The molecule has 2 aliphatic rings. The molecule has 2 N–H and O–H groups in total. The van der Waals surface area contributed by atoms with Gasteiger partial charge in [-0.1, -0.05) is 30.3 Å². The smallest absolute Gasteiger partial charge is 0.290 e. The van der Waals surface area contributed by atoms with Crippen LogP contribution in [0.15, 0.2) is 70.9 Å². The quantitative estimate of drug-likeness (QED) is 0.396. The summed E-state index contributed by atoms with van der Waals surface area (Å²) in [5.74, 6) is 0.0959. The lowest BCUT2D eigenvalue weighted by molar-refractivity contribution is -0.118. The molecule has 6 rings (SSSR count). The van der Waals surface area contributed by atoms with E-state index in [4.69, 9.17) is 0 Å². The molecule has 0 saturated carbocycles. The van der Waals surface area contributed by atoms with Gasteiger partial charge in [0.25, 0.3) is 11.8 Å². The summed E-state index contributed by atoms with van der Waals surface area (Å²) in [4.78, 5) is 28.4. The van der Waals surface area contributed by atoms with E-state index in [0.29, 0.717) is 22.1 Å². The van der Waals surface area contributed by atoms with Gasteiger partial charge in [-0.25, -0.2) is 0 Å². The Morgan fingerprint density at radius 3 is 2.81 bits per heavy atom. The van der Waals surface area contributed by atoms with Crippen molar-refractivity contribution in [1.29, 1.82) is 0 Å². The van der Waals surface area contributed by atoms with E-state index in [2.05, 4.69) is 37.9 Å². The number of aryl methyl sites for hydroxylation is 1. The molecule has 4 aromatic rings. The topological polar surface area (TPSA) is 104 Å². The van der Waals surface area contributed by atoms with Crippen molar-refractivity contribution in [1.82, 2.24) is 14.7 Å². The Bertz CT molecular complexity index is 1570. The normalized spacial score (nSPS) is 17.5. The van der Waals surface area contributed by atoms with E-state index in [1.807, 2.05) is 66.2 Å². The van der Waals surface area contributed by atoms with Crippen molar-refractivity contribution in [3.05, 3.63) is 82.4 Å². The Labute approximate surface area is 217 Å². The second-order valence-corrected chi connectivity index (χ2v) is 10.4. The third-order valence-electron chi connectivity index (χ3n) is 6.57. The summed E-state index contributed by atoms with van der Waals surface area (Å²) < 4.78 is 3.03. The highest BCUT2D eigenvalue weighted by Crippen LogP contribution is 2.29. The molecule has 0 aliphatic carbocycles. The monoisotopic (exact) mass is 511 g/mol. The largest absolute Gasteiger partial charge is 0.354 e. The number of aromatic nitrogens is 2. The first kappa shape index (κ1) is 23.3. The fourth-order valence-electron chi connectivity index (χ4n) is 4.51. The van der Waals surface area contributed by atoms with Crippen molar-refractivity contribution in [2.45, 2.75) is 26.1 Å². The number of hydrogen-bond donors (Lipinski definition) is 2. The number of azo groups is 1. The summed E-state index contributed by atoms with van der Waals surface area (Å²) >= 11 is 1.46. The van der Waals surface area contributed by atoms with Crippen LogP contribution >= 0.6 is 11.3 Å². The number of nitrogens with one attached hydrogen (secondary N) is 2. The predicted octanol–water partition coefficient (Wildman–Crippen LogP) is 4.92. The minimum atomic E-state index is -0.680. The van der Waals surface area contributed by atoms with Gasteiger partial charge in [0.15, 0.2) is 0 Å². The zero-order valence-electron chi connectivity index (χ0n) is 20.4. The van der Waals surface area contributed by atoms with Crippen molar-refractivity contribution in [2.24, 2.45) is 10.2 Å². The Kier molecular flexibility index (Phi) is 5.90. The number of nitrogens with zero attached hydrogens (tertiary/aromatic N) is 5. The molecule has 2 aromatic carbocycles. The van der Waals surface area contributed by atoms with E-state index in [9.17, 15) is 9.59 Å². The molecule has 2 aliphatic heterocycles. The average molecular weight is 512 g/mol. The number of anilines is 2. The van der Waals surface area contributed by atoms with Crippen LogP contribution < -0.4 is 10.6 Å². The van der Waals surface area contributed by atoms with Gasteiger partial charge in [-0.3, -0.25) is 19.2 Å². The van der Waals surface area contributed by atoms with E-state index < -0.39 is 6.04 Å². The van der Waals surface area contributed by atoms with Crippen LogP contribution in [0, 0.1) is 6.92 Å². The molecule has 1 atom stereocenters. The average Bonchev–Trinajstić information content (AvgIpc) is 3.50. The zero-order chi connectivity index (χ0) is 25.5. The molecule has 0 bridgehead atoms. The van der Waals surface area contributed by atoms with Crippen LogP contribution in [0.3, 0.4) is 0 Å². The van der Waals surface area contributed by atoms with Gasteiger partial charge in [-0.2, -0.15) is 5.10 Å². The molecule has 0 saturated heterocycles. The second kappa shape index (κ2) is 9.38. The molecule has 2 aromatic heterocycles. The van der Waals surface area contributed by atoms with Crippen LogP contribution in [0.4, 0.5) is 11.5 Å². The molecule has 9 nitrogen and oxygen atoms in total. The number of carbonyl (C=O) groups is 2. The summed E-state index contributed by atoms with van der Waals surface area (Å²) in [6.45, 7) is 4.50. The molecule has 4 heterocycles. The summed E-state index contributed by atoms with van der Waals surface area (Å²) in [7, 11) is 2.07. The van der Waals surface area contributed by atoms with Crippen molar-refractivity contribution < 1.29 is 9.59 Å². The van der Waals surface area contributed by atoms with Gasteiger partial charge in [0.1, 0.15) is 11.9 Å². The Morgan fingerprint density at radius 2 is 1.95 bits per heavy atom. The third kappa shape index (κ3) is 4.68. The highest BCUT2D eigenvalue weighted by molar-refractivity contribution is 7.20. The number of hydrogen-bond acceptors (Lipinski definition) is 7. The minimum absolute atomic E-state index is 0.162. The summed E-state index contributed by atoms with van der Waals surface area (Å²) in [6, 6.07) is 16.8. The Morgan fingerprint density at radius 1 is 1.08 bits per heavy atom. The van der Waals surface area contributed by atoms with Crippen LogP contribution in [-0.2, 0) is 17.9 Å². The number of thiophene rings is 1.